The summed E-state index contributed by atoms with van der Waals surface area (Å²) in [5.74, 6) is 0. The van der Waals surface area contributed by atoms with E-state index in [-0.39, 0.29) is 6.29 Å². The molecule has 1 aromatic rings. The highest BCUT2D eigenvalue weighted by atomic mass is 79.9. The summed E-state index contributed by atoms with van der Waals surface area (Å²) >= 11 is 3.51. The molecule has 0 N–H and O–H groups in total. The fourth-order valence-electron chi connectivity index (χ4n) is 2.07. The monoisotopic (exact) mass is 298 g/mol. The first kappa shape index (κ1) is 13.1. The van der Waals surface area contributed by atoms with Gasteiger partial charge in [-0.3, -0.25) is 0 Å². The quantitative estimate of drug-likeness (QED) is 0.772. The van der Waals surface area contributed by atoms with E-state index in [1.807, 2.05) is 0 Å². The van der Waals surface area contributed by atoms with Crippen LogP contribution in [0.2, 0.25) is 0 Å². The fourth-order valence-corrected chi connectivity index (χ4v) is 2.62. The highest BCUT2D eigenvalue weighted by Gasteiger charge is 2.13. The van der Waals surface area contributed by atoms with Gasteiger partial charge in [0.05, 0.1) is 6.61 Å². The van der Waals surface area contributed by atoms with Crippen molar-refractivity contribution in [1.29, 1.82) is 0 Å². The predicted molar refractivity (Wildman–Crippen MR) is 72.3 cm³/mol. The first-order valence-electron chi connectivity index (χ1n) is 6.26. The van der Waals surface area contributed by atoms with Crippen LogP contribution in [0.1, 0.15) is 30.4 Å². The molecule has 1 aliphatic rings. The molecule has 2 rings (SSSR count). The standard InChI is InChI=1S/C14H19BrO2/c15-11-13-6-2-1-5-12(13)8-10-17-14-7-3-4-9-16-14/h1-2,5-6,14H,3-4,7-11H2/t14-/m0/s1. The lowest BCUT2D eigenvalue weighted by atomic mass is 10.1. The smallest absolute Gasteiger partial charge is 0.157 e. The Labute approximate surface area is 111 Å². The van der Waals surface area contributed by atoms with Crippen LogP contribution in [0, 0.1) is 0 Å². The molecule has 1 aromatic carbocycles. The van der Waals surface area contributed by atoms with Crippen molar-refractivity contribution < 1.29 is 9.47 Å². The van der Waals surface area contributed by atoms with E-state index in [4.69, 9.17) is 9.47 Å². The number of alkyl halides is 1. The Morgan fingerprint density at radius 2 is 2.06 bits per heavy atom. The van der Waals surface area contributed by atoms with Crippen LogP contribution in [0.4, 0.5) is 0 Å². The minimum atomic E-state index is 0.0277. The van der Waals surface area contributed by atoms with Crippen LogP contribution >= 0.6 is 15.9 Å². The summed E-state index contributed by atoms with van der Waals surface area (Å²) in [5.41, 5.74) is 2.71. The van der Waals surface area contributed by atoms with E-state index in [2.05, 4.69) is 40.2 Å². The van der Waals surface area contributed by atoms with Crippen LogP contribution in [0.5, 0.6) is 0 Å². The van der Waals surface area contributed by atoms with E-state index < -0.39 is 0 Å². The summed E-state index contributed by atoms with van der Waals surface area (Å²) in [7, 11) is 0. The second-order valence-electron chi connectivity index (χ2n) is 4.32. The van der Waals surface area contributed by atoms with Crippen molar-refractivity contribution in [2.45, 2.75) is 37.3 Å². The zero-order valence-corrected chi connectivity index (χ0v) is 11.6. The van der Waals surface area contributed by atoms with Crippen LogP contribution in [0.25, 0.3) is 0 Å². The van der Waals surface area contributed by atoms with Gasteiger partial charge in [0.2, 0.25) is 0 Å². The highest BCUT2D eigenvalue weighted by Crippen LogP contribution is 2.16. The van der Waals surface area contributed by atoms with Crippen LogP contribution < -0.4 is 0 Å². The number of hydrogen-bond acceptors (Lipinski definition) is 2. The molecule has 2 nitrogen and oxygen atoms in total. The Morgan fingerprint density at radius 1 is 1.24 bits per heavy atom. The van der Waals surface area contributed by atoms with Gasteiger partial charge in [0.25, 0.3) is 0 Å². The first-order valence-corrected chi connectivity index (χ1v) is 7.38. The average Bonchev–Trinajstić information content (AvgIpc) is 2.40. The molecule has 0 saturated carbocycles. The van der Waals surface area contributed by atoms with Crippen LogP contribution in [-0.4, -0.2) is 19.5 Å². The largest absolute Gasteiger partial charge is 0.353 e. The molecule has 0 unspecified atom stereocenters. The molecule has 0 amide bonds. The van der Waals surface area contributed by atoms with E-state index >= 15 is 0 Å². The topological polar surface area (TPSA) is 18.5 Å². The fraction of sp³-hybridized carbons (Fsp3) is 0.571. The first-order chi connectivity index (χ1) is 8.40. The van der Waals surface area contributed by atoms with Gasteiger partial charge in [-0.15, -0.1) is 0 Å². The third-order valence-corrected chi connectivity index (χ3v) is 3.68. The van der Waals surface area contributed by atoms with Gasteiger partial charge in [-0.05, 0) is 36.8 Å². The Balaban J connectivity index is 1.77. The van der Waals surface area contributed by atoms with Crippen molar-refractivity contribution in [2.75, 3.05) is 13.2 Å². The van der Waals surface area contributed by atoms with Gasteiger partial charge >= 0.3 is 0 Å². The van der Waals surface area contributed by atoms with Gasteiger partial charge in [-0.2, -0.15) is 0 Å². The van der Waals surface area contributed by atoms with Crippen LogP contribution in [0.15, 0.2) is 24.3 Å². The third-order valence-electron chi connectivity index (χ3n) is 3.08. The molecule has 1 saturated heterocycles. The molecule has 0 spiro atoms. The van der Waals surface area contributed by atoms with Crippen molar-refractivity contribution in [3.8, 4) is 0 Å². The number of halogens is 1. The lowest BCUT2D eigenvalue weighted by molar-refractivity contribution is -0.161. The van der Waals surface area contributed by atoms with E-state index in [0.717, 1.165) is 31.4 Å². The second-order valence-corrected chi connectivity index (χ2v) is 4.88. The van der Waals surface area contributed by atoms with Crippen LogP contribution in [0.3, 0.4) is 0 Å². The van der Waals surface area contributed by atoms with Crippen molar-refractivity contribution in [3.63, 3.8) is 0 Å². The molecule has 1 fully saturated rings. The Morgan fingerprint density at radius 3 is 2.76 bits per heavy atom. The third kappa shape index (κ3) is 4.09. The SMILES string of the molecule is BrCc1ccccc1CCO[C@H]1CCCCO1. The van der Waals surface area contributed by atoms with Gasteiger partial charge in [-0.25, -0.2) is 0 Å². The number of hydrogen-bond donors (Lipinski definition) is 0. The molecule has 0 aliphatic carbocycles. The molecule has 1 heterocycles. The maximum atomic E-state index is 5.75. The number of rotatable bonds is 5. The van der Waals surface area contributed by atoms with Crippen molar-refractivity contribution >= 4 is 15.9 Å². The van der Waals surface area contributed by atoms with Gasteiger partial charge in [0, 0.05) is 11.9 Å². The van der Waals surface area contributed by atoms with Gasteiger partial charge in [0.1, 0.15) is 0 Å². The predicted octanol–water partition coefficient (Wildman–Crippen LogP) is 3.67. The summed E-state index contributed by atoms with van der Waals surface area (Å²) in [4.78, 5) is 0. The second kappa shape index (κ2) is 7.14. The van der Waals surface area contributed by atoms with E-state index in [0.29, 0.717) is 0 Å². The van der Waals surface area contributed by atoms with Crippen molar-refractivity contribution in [2.24, 2.45) is 0 Å². The summed E-state index contributed by atoms with van der Waals surface area (Å²) in [6.45, 7) is 1.59. The summed E-state index contributed by atoms with van der Waals surface area (Å²) in [5, 5.41) is 0.906. The maximum Gasteiger partial charge on any atom is 0.157 e. The number of ether oxygens (including phenoxy) is 2. The maximum absolute atomic E-state index is 5.75. The molecule has 94 valence electrons. The molecular formula is C14H19BrO2. The zero-order chi connectivity index (χ0) is 11.9. The Kier molecular flexibility index (Phi) is 5.49. The Bertz CT molecular complexity index is 335. The summed E-state index contributed by atoms with van der Waals surface area (Å²) < 4.78 is 11.3. The average molecular weight is 299 g/mol. The molecular weight excluding hydrogens is 280 g/mol. The van der Waals surface area contributed by atoms with Crippen molar-refractivity contribution in [3.05, 3.63) is 35.4 Å². The van der Waals surface area contributed by atoms with E-state index in [1.165, 1.54) is 24.0 Å². The van der Waals surface area contributed by atoms with Gasteiger partial charge in [0.15, 0.2) is 6.29 Å². The summed E-state index contributed by atoms with van der Waals surface area (Å²) in [6, 6.07) is 8.48. The molecule has 1 atom stereocenters. The van der Waals surface area contributed by atoms with Crippen molar-refractivity contribution in [1.82, 2.24) is 0 Å². The summed E-state index contributed by atoms with van der Waals surface area (Å²) in [6.07, 6.45) is 4.43. The normalized spacial score (nSPS) is 20.4. The molecule has 1 aliphatic heterocycles. The van der Waals surface area contributed by atoms with Gasteiger partial charge in [-0.1, -0.05) is 40.2 Å². The minimum absolute atomic E-state index is 0.0277. The lowest BCUT2D eigenvalue weighted by Gasteiger charge is -2.22. The minimum Gasteiger partial charge on any atom is -0.353 e. The lowest BCUT2D eigenvalue weighted by Crippen LogP contribution is -2.23. The molecule has 0 radical (unpaired) electrons. The highest BCUT2D eigenvalue weighted by molar-refractivity contribution is 9.08. The molecule has 17 heavy (non-hydrogen) atoms. The Hall–Kier alpha value is -0.380. The molecule has 0 bridgehead atoms. The van der Waals surface area contributed by atoms with Gasteiger partial charge < -0.3 is 9.47 Å². The zero-order valence-electron chi connectivity index (χ0n) is 10.0. The number of benzene rings is 1. The van der Waals surface area contributed by atoms with Crippen LogP contribution in [-0.2, 0) is 21.2 Å². The molecule has 0 aromatic heterocycles. The van der Waals surface area contributed by atoms with E-state index in [1.54, 1.807) is 0 Å². The molecule has 3 heteroatoms. The van der Waals surface area contributed by atoms with E-state index in [9.17, 15) is 0 Å².